The topological polar surface area (TPSA) is 38.0 Å². The van der Waals surface area contributed by atoms with Crippen molar-refractivity contribution >= 4 is 11.4 Å². The summed E-state index contributed by atoms with van der Waals surface area (Å²) in [5.41, 5.74) is 5.44. The largest absolute Gasteiger partial charge is 0.399 e. The van der Waals surface area contributed by atoms with Gasteiger partial charge >= 0.3 is 0 Å². The molecular weight excluding hydrogens is 234 g/mol. The lowest BCUT2D eigenvalue weighted by atomic mass is 9.80. The van der Waals surface area contributed by atoms with Gasteiger partial charge in [-0.2, -0.15) is 0 Å². The summed E-state index contributed by atoms with van der Waals surface area (Å²) >= 11 is 0. The summed E-state index contributed by atoms with van der Waals surface area (Å²) in [4.78, 5) is 0. The standard InChI is InChI=1S/C14H20F2N2/c1-9-4-2-3-5-10(9)8-18-14-12(15)6-11(17)7-13(14)16/h6-7,9-10,18H,2-5,8,17H2,1H3. The first kappa shape index (κ1) is 13.1. The van der Waals surface area contributed by atoms with Gasteiger partial charge in [-0.25, -0.2) is 8.78 Å². The van der Waals surface area contributed by atoms with Gasteiger partial charge in [0, 0.05) is 12.2 Å². The quantitative estimate of drug-likeness (QED) is 0.805. The molecule has 0 spiro atoms. The van der Waals surface area contributed by atoms with Crippen LogP contribution in [0.3, 0.4) is 0 Å². The van der Waals surface area contributed by atoms with Gasteiger partial charge in [0.25, 0.3) is 0 Å². The lowest BCUT2D eigenvalue weighted by Gasteiger charge is -2.29. The second kappa shape index (κ2) is 5.55. The summed E-state index contributed by atoms with van der Waals surface area (Å²) in [6.45, 7) is 2.83. The van der Waals surface area contributed by atoms with E-state index in [1.54, 1.807) is 0 Å². The van der Waals surface area contributed by atoms with Gasteiger partial charge in [0.1, 0.15) is 5.69 Å². The Hall–Kier alpha value is -1.32. The van der Waals surface area contributed by atoms with Crippen molar-refractivity contribution in [2.45, 2.75) is 32.6 Å². The number of nitrogen functional groups attached to an aromatic ring is 1. The lowest BCUT2D eigenvalue weighted by molar-refractivity contribution is 0.268. The normalized spacial score (nSPS) is 23.9. The Balaban J connectivity index is 2.01. The summed E-state index contributed by atoms with van der Waals surface area (Å²) in [5.74, 6) is -0.117. The third-order valence-corrected chi connectivity index (χ3v) is 3.89. The fourth-order valence-corrected chi connectivity index (χ4v) is 2.69. The minimum Gasteiger partial charge on any atom is -0.399 e. The molecule has 18 heavy (non-hydrogen) atoms. The fraction of sp³-hybridized carbons (Fsp3) is 0.571. The number of halogens is 2. The van der Waals surface area contributed by atoms with Crippen molar-refractivity contribution in [1.82, 2.24) is 0 Å². The van der Waals surface area contributed by atoms with Crippen molar-refractivity contribution in [2.24, 2.45) is 11.8 Å². The van der Waals surface area contributed by atoms with Crippen molar-refractivity contribution in [3.63, 3.8) is 0 Å². The van der Waals surface area contributed by atoms with E-state index >= 15 is 0 Å². The van der Waals surface area contributed by atoms with Crippen LogP contribution in [0.1, 0.15) is 32.6 Å². The van der Waals surface area contributed by atoms with Crippen LogP contribution in [-0.2, 0) is 0 Å². The van der Waals surface area contributed by atoms with E-state index in [1.807, 2.05) is 0 Å². The molecule has 0 radical (unpaired) electrons. The Morgan fingerprint density at radius 2 is 1.83 bits per heavy atom. The molecule has 1 aliphatic carbocycles. The Kier molecular flexibility index (Phi) is 4.04. The molecule has 1 aromatic rings. The smallest absolute Gasteiger partial charge is 0.151 e. The van der Waals surface area contributed by atoms with Crippen molar-refractivity contribution in [1.29, 1.82) is 0 Å². The molecule has 1 saturated carbocycles. The Morgan fingerprint density at radius 3 is 2.44 bits per heavy atom. The first-order valence-electron chi connectivity index (χ1n) is 6.56. The predicted octanol–water partition coefficient (Wildman–Crippen LogP) is 3.79. The van der Waals surface area contributed by atoms with Gasteiger partial charge in [0.05, 0.1) is 0 Å². The first-order chi connectivity index (χ1) is 8.58. The van der Waals surface area contributed by atoms with Gasteiger partial charge in [0.15, 0.2) is 11.6 Å². The molecule has 0 saturated heterocycles. The average molecular weight is 254 g/mol. The summed E-state index contributed by atoms with van der Waals surface area (Å²) in [6, 6.07) is 2.30. The van der Waals surface area contributed by atoms with Crippen molar-refractivity contribution in [3.8, 4) is 0 Å². The number of benzene rings is 1. The van der Waals surface area contributed by atoms with Crippen LogP contribution in [0.25, 0.3) is 0 Å². The zero-order valence-electron chi connectivity index (χ0n) is 10.7. The summed E-state index contributed by atoms with van der Waals surface area (Å²) in [6.07, 6.45) is 4.82. The van der Waals surface area contributed by atoms with Crippen LogP contribution < -0.4 is 11.1 Å². The van der Waals surface area contributed by atoms with Gasteiger partial charge in [-0.05, 0) is 30.4 Å². The maximum atomic E-state index is 13.6. The van der Waals surface area contributed by atoms with Gasteiger partial charge in [-0.3, -0.25) is 0 Å². The van der Waals surface area contributed by atoms with Crippen LogP contribution in [0.15, 0.2) is 12.1 Å². The molecular formula is C14H20F2N2. The SMILES string of the molecule is CC1CCCCC1CNc1c(F)cc(N)cc1F. The Morgan fingerprint density at radius 1 is 1.22 bits per heavy atom. The van der Waals surface area contributed by atoms with E-state index < -0.39 is 11.6 Å². The maximum absolute atomic E-state index is 13.6. The molecule has 0 heterocycles. The molecule has 100 valence electrons. The molecule has 0 aliphatic heterocycles. The van der Waals surface area contributed by atoms with Gasteiger partial charge in [-0.1, -0.05) is 26.2 Å². The Bertz CT molecular complexity index is 397. The zero-order valence-corrected chi connectivity index (χ0v) is 10.7. The van der Waals surface area contributed by atoms with Crippen LogP contribution in [0.2, 0.25) is 0 Å². The molecule has 3 N–H and O–H groups in total. The van der Waals surface area contributed by atoms with Gasteiger partial charge in [-0.15, -0.1) is 0 Å². The minimum atomic E-state index is -0.615. The molecule has 1 fully saturated rings. The molecule has 1 aromatic carbocycles. The number of nitrogens with two attached hydrogens (primary N) is 1. The van der Waals surface area contributed by atoms with E-state index in [0.29, 0.717) is 18.4 Å². The molecule has 1 aliphatic rings. The van der Waals surface area contributed by atoms with E-state index in [4.69, 9.17) is 5.73 Å². The fourth-order valence-electron chi connectivity index (χ4n) is 2.69. The highest BCUT2D eigenvalue weighted by molar-refractivity contribution is 5.54. The van der Waals surface area contributed by atoms with Crippen LogP contribution in [0.5, 0.6) is 0 Å². The molecule has 0 aromatic heterocycles. The van der Waals surface area contributed by atoms with Gasteiger partial charge in [0.2, 0.25) is 0 Å². The third-order valence-electron chi connectivity index (χ3n) is 3.89. The van der Waals surface area contributed by atoms with Crippen LogP contribution in [0, 0.1) is 23.5 Å². The van der Waals surface area contributed by atoms with E-state index in [2.05, 4.69) is 12.2 Å². The second-order valence-electron chi connectivity index (χ2n) is 5.26. The molecule has 4 heteroatoms. The molecule has 0 bridgehead atoms. The van der Waals surface area contributed by atoms with Crippen molar-refractivity contribution in [3.05, 3.63) is 23.8 Å². The van der Waals surface area contributed by atoms with Crippen LogP contribution in [0.4, 0.5) is 20.2 Å². The maximum Gasteiger partial charge on any atom is 0.151 e. The monoisotopic (exact) mass is 254 g/mol. The number of rotatable bonds is 3. The lowest BCUT2D eigenvalue weighted by Crippen LogP contribution is -2.25. The molecule has 2 atom stereocenters. The molecule has 2 nitrogen and oxygen atoms in total. The highest BCUT2D eigenvalue weighted by atomic mass is 19.1. The average Bonchev–Trinajstić information content (AvgIpc) is 2.30. The first-order valence-corrected chi connectivity index (χ1v) is 6.56. The predicted molar refractivity (Wildman–Crippen MR) is 70.4 cm³/mol. The molecule has 0 amide bonds. The summed E-state index contributed by atoms with van der Waals surface area (Å²) in [7, 11) is 0. The van der Waals surface area contributed by atoms with Gasteiger partial charge < -0.3 is 11.1 Å². The van der Waals surface area contributed by atoms with Crippen LogP contribution >= 0.6 is 0 Å². The van der Waals surface area contributed by atoms with Crippen molar-refractivity contribution < 1.29 is 8.78 Å². The molecule has 2 unspecified atom stereocenters. The number of hydrogen-bond acceptors (Lipinski definition) is 2. The molecule has 2 rings (SSSR count). The third kappa shape index (κ3) is 2.92. The Labute approximate surface area is 107 Å². The number of nitrogens with one attached hydrogen (secondary N) is 1. The highest BCUT2D eigenvalue weighted by Gasteiger charge is 2.21. The summed E-state index contributed by atoms with van der Waals surface area (Å²) < 4.78 is 27.2. The highest BCUT2D eigenvalue weighted by Crippen LogP contribution is 2.30. The number of hydrogen-bond donors (Lipinski definition) is 2. The van der Waals surface area contributed by atoms with Crippen LogP contribution in [-0.4, -0.2) is 6.54 Å². The second-order valence-corrected chi connectivity index (χ2v) is 5.26. The minimum absolute atomic E-state index is 0.0537. The summed E-state index contributed by atoms with van der Waals surface area (Å²) in [5, 5.41) is 2.90. The van der Waals surface area contributed by atoms with E-state index in [0.717, 1.165) is 18.6 Å². The van der Waals surface area contributed by atoms with E-state index in [9.17, 15) is 8.78 Å². The number of anilines is 2. The zero-order chi connectivity index (χ0) is 13.1. The van der Waals surface area contributed by atoms with E-state index in [-0.39, 0.29) is 11.4 Å². The van der Waals surface area contributed by atoms with E-state index in [1.165, 1.54) is 19.3 Å². The van der Waals surface area contributed by atoms with Crippen molar-refractivity contribution in [2.75, 3.05) is 17.6 Å².